The van der Waals surface area contributed by atoms with Gasteiger partial charge in [-0.3, -0.25) is 0 Å². The van der Waals surface area contributed by atoms with Gasteiger partial charge in [0.25, 0.3) is 0 Å². The van der Waals surface area contributed by atoms with Gasteiger partial charge in [0.1, 0.15) is 0 Å². The lowest BCUT2D eigenvalue weighted by Gasteiger charge is -2.34. The second-order valence-corrected chi connectivity index (χ2v) is 5.52. The summed E-state index contributed by atoms with van der Waals surface area (Å²) in [6, 6.07) is 4.10. The molecule has 1 aromatic carbocycles. The molecule has 2 N–H and O–H groups in total. The number of hydrogen-bond donors (Lipinski definition) is 1. The molecule has 2 aliphatic heterocycles. The molecule has 98 valence electrons. The summed E-state index contributed by atoms with van der Waals surface area (Å²) < 4.78 is 32.0. The fraction of sp³-hybridized carbons (Fsp3) is 0.571. The van der Waals surface area contributed by atoms with Gasteiger partial charge in [0.15, 0.2) is 11.6 Å². The number of nitrogens with two attached hydrogens (primary N) is 1. The molecule has 18 heavy (non-hydrogen) atoms. The largest absolute Gasteiger partial charge is 0.374 e. The summed E-state index contributed by atoms with van der Waals surface area (Å²) in [5.41, 5.74) is 6.63. The van der Waals surface area contributed by atoms with Gasteiger partial charge in [-0.25, -0.2) is 8.78 Å². The summed E-state index contributed by atoms with van der Waals surface area (Å²) in [4.78, 5) is 0. The Morgan fingerprint density at radius 2 is 2.11 bits per heavy atom. The van der Waals surface area contributed by atoms with Gasteiger partial charge in [0, 0.05) is 12.0 Å². The number of ether oxygens (including phenoxy) is 1. The smallest absolute Gasteiger partial charge is 0.159 e. The molecule has 3 rings (SSSR count). The van der Waals surface area contributed by atoms with Crippen LogP contribution in [0.4, 0.5) is 8.78 Å². The molecule has 2 bridgehead atoms. The highest BCUT2D eigenvalue weighted by Crippen LogP contribution is 2.48. The molecular formula is C14H17F2NO. The van der Waals surface area contributed by atoms with Gasteiger partial charge < -0.3 is 10.5 Å². The van der Waals surface area contributed by atoms with Crippen LogP contribution in [0.15, 0.2) is 18.2 Å². The molecule has 0 radical (unpaired) electrons. The number of benzene rings is 1. The lowest BCUT2D eigenvalue weighted by molar-refractivity contribution is 0.0636. The van der Waals surface area contributed by atoms with E-state index in [1.54, 1.807) is 6.07 Å². The van der Waals surface area contributed by atoms with Crippen LogP contribution in [0.2, 0.25) is 0 Å². The van der Waals surface area contributed by atoms with E-state index in [-0.39, 0.29) is 11.5 Å². The Balaban J connectivity index is 1.84. The van der Waals surface area contributed by atoms with Crippen molar-refractivity contribution in [3.05, 3.63) is 35.4 Å². The molecule has 0 aromatic heterocycles. The molecule has 2 nitrogen and oxygen atoms in total. The quantitative estimate of drug-likeness (QED) is 0.897. The van der Waals surface area contributed by atoms with E-state index < -0.39 is 11.6 Å². The fourth-order valence-corrected chi connectivity index (χ4v) is 3.42. The average molecular weight is 253 g/mol. The second-order valence-electron chi connectivity index (χ2n) is 5.52. The van der Waals surface area contributed by atoms with E-state index in [0.717, 1.165) is 24.8 Å². The third-order valence-electron chi connectivity index (χ3n) is 4.37. The molecule has 0 saturated carbocycles. The highest BCUT2D eigenvalue weighted by atomic mass is 19.2. The summed E-state index contributed by atoms with van der Waals surface area (Å²) in [7, 11) is 0. The second kappa shape index (κ2) is 4.28. The van der Waals surface area contributed by atoms with Crippen molar-refractivity contribution in [1.82, 2.24) is 0 Å². The topological polar surface area (TPSA) is 35.2 Å². The first kappa shape index (κ1) is 12.1. The Morgan fingerprint density at radius 3 is 2.67 bits per heavy atom. The van der Waals surface area contributed by atoms with E-state index in [1.165, 1.54) is 12.1 Å². The molecule has 0 spiro atoms. The molecule has 0 amide bonds. The standard InChI is InChI=1S/C14H17F2NO/c15-11-3-1-9(5-12(11)16)6-14(8-17)7-10-2-4-13(14)18-10/h1,3,5,10,13H,2,4,6-8,17H2. The van der Waals surface area contributed by atoms with E-state index in [4.69, 9.17) is 10.5 Å². The Hall–Kier alpha value is -1.00. The first-order valence-corrected chi connectivity index (χ1v) is 6.42. The lowest BCUT2D eigenvalue weighted by atomic mass is 9.70. The molecule has 4 heteroatoms. The van der Waals surface area contributed by atoms with Crippen molar-refractivity contribution in [2.45, 2.75) is 37.9 Å². The summed E-state index contributed by atoms with van der Waals surface area (Å²) in [5.74, 6) is -1.59. The van der Waals surface area contributed by atoms with Gasteiger partial charge in [-0.1, -0.05) is 6.07 Å². The zero-order valence-electron chi connectivity index (χ0n) is 10.2. The first-order chi connectivity index (χ1) is 8.63. The van der Waals surface area contributed by atoms with Crippen molar-refractivity contribution in [2.24, 2.45) is 11.1 Å². The van der Waals surface area contributed by atoms with E-state index in [2.05, 4.69) is 0 Å². The molecule has 0 aliphatic carbocycles. The minimum Gasteiger partial charge on any atom is -0.374 e. The van der Waals surface area contributed by atoms with Crippen molar-refractivity contribution in [1.29, 1.82) is 0 Å². The molecule has 2 aliphatic rings. The van der Waals surface area contributed by atoms with Gasteiger partial charge in [-0.2, -0.15) is 0 Å². The average Bonchev–Trinajstić information content (AvgIpc) is 2.94. The maximum atomic E-state index is 13.2. The van der Waals surface area contributed by atoms with E-state index in [1.807, 2.05) is 0 Å². The van der Waals surface area contributed by atoms with Gasteiger partial charge in [-0.05, 0) is 43.4 Å². The van der Waals surface area contributed by atoms with Crippen LogP contribution in [0.3, 0.4) is 0 Å². The molecule has 3 atom stereocenters. The van der Waals surface area contributed by atoms with Gasteiger partial charge in [0.2, 0.25) is 0 Å². The van der Waals surface area contributed by atoms with Crippen LogP contribution in [0.1, 0.15) is 24.8 Å². The minimum atomic E-state index is -0.801. The zero-order valence-corrected chi connectivity index (χ0v) is 10.2. The van der Waals surface area contributed by atoms with Crippen molar-refractivity contribution in [2.75, 3.05) is 6.54 Å². The third kappa shape index (κ3) is 1.84. The predicted octanol–water partition coefficient (Wildman–Crippen LogP) is 2.40. The Kier molecular flexibility index (Phi) is 2.87. The molecular weight excluding hydrogens is 236 g/mol. The van der Waals surface area contributed by atoms with E-state index >= 15 is 0 Å². The van der Waals surface area contributed by atoms with Crippen LogP contribution in [0, 0.1) is 17.0 Å². The van der Waals surface area contributed by atoms with Crippen LogP contribution in [-0.2, 0) is 11.2 Å². The monoisotopic (exact) mass is 253 g/mol. The van der Waals surface area contributed by atoms with Gasteiger partial charge >= 0.3 is 0 Å². The van der Waals surface area contributed by atoms with Crippen LogP contribution in [0.5, 0.6) is 0 Å². The van der Waals surface area contributed by atoms with Gasteiger partial charge in [-0.15, -0.1) is 0 Å². The molecule has 2 saturated heterocycles. The fourth-order valence-electron chi connectivity index (χ4n) is 3.42. The summed E-state index contributed by atoms with van der Waals surface area (Å²) in [5, 5.41) is 0. The highest BCUT2D eigenvalue weighted by Gasteiger charge is 2.51. The summed E-state index contributed by atoms with van der Waals surface area (Å²) in [6.07, 6.45) is 4.23. The van der Waals surface area contributed by atoms with E-state index in [0.29, 0.717) is 19.1 Å². The zero-order chi connectivity index (χ0) is 12.8. The number of rotatable bonds is 3. The Morgan fingerprint density at radius 1 is 1.28 bits per heavy atom. The van der Waals surface area contributed by atoms with Gasteiger partial charge in [0.05, 0.1) is 12.2 Å². The van der Waals surface area contributed by atoms with Crippen molar-refractivity contribution >= 4 is 0 Å². The van der Waals surface area contributed by atoms with Crippen molar-refractivity contribution in [3.8, 4) is 0 Å². The van der Waals surface area contributed by atoms with Crippen molar-refractivity contribution in [3.63, 3.8) is 0 Å². The van der Waals surface area contributed by atoms with Crippen LogP contribution < -0.4 is 5.73 Å². The predicted molar refractivity (Wildman–Crippen MR) is 64.1 cm³/mol. The van der Waals surface area contributed by atoms with E-state index in [9.17, 15) is 8.78 Å². The number of hydrogen-bond acceptors (Lipinski definition) is 2. The molecule has 1 aromatic rings. The Labute approximate surface area is 105 Å². The maximum absolute atomic E-state index is 13.2. The molecule has 3 unspecified atom stereocenters. The van der Waals surface area contributed by atoms with Crippen molar-refractivity contribution < 1.29 is 13.5 Å². The van der Waals surface area contributed by atoms with Crippen LogP contribution in [-0.4, -0.2) is 18.8 Å². The third-order valence-corrected chi connectivity index (χ3v) is 4.37. The normalized spacial score (nSPS) is 34.2. The molecule has 2 fully saturated rings. The lowest BCUT2D eigenvalue weighted by Crippen LogP contribution is -2.41. The molecule has 2 heterocycles. The maximum Gasteiger partial charge on any atom is 0.159 e. The van der Waals surface area contributed by atoms with Crippen LogP contribution in [0.25, 0.3) is 0 Å². The SMILES string of the molecule is NCC1(Cc2ccc(F)c(F)c2)CC2CCC1O2. The number of halogens is 2. The summed E-state index contributed by atoms with van der Waals surface area (Å²) >= 11 is 0. The first-order valence-electron chi connectivity index (χ1n) is 6.42. The Bertz CT molecular complexity index is 465. The minimum absolute atomic E-state index is 0.0901. The highest BCUT2D eigenvalue weighted by molar-refractivity contribution is 5.21. The van der Waals surface area contributed by atoms with Crippen LogP contribution >= 0.6 is 0 Å². The summed E-state index contributed by atoms with van der Waals surface area (Å²) in [6.45, 7) is 0.535. The number of fused-ring (bicyclic) bond motifs is 2.